The summed E-state index contributed by atoms with van der Waals surface area (Å²) in [6, 6.07) is 8.15. The van der Waals surface area contributed by atoms with Crippen LogP contribution < -0.4 is 15.5 Å². The second kappa shape index (κ2) is 8.92. The molecule has 3 rings (SSSR count). The Kier molecular flexibility index (Phi) is 7.16. The van der Waals surface area contributed by atoms with Gasteiger partial charge >= 0.3 is 0 Å². The highest BCUT2D eigenvalue weighted by molar-refractivity contribution is 7.98. The molecular formula is C18H26ClN3O2S. The first-order chi connectivity index (χ1) is 11.6. The molecule has 0 spiro atoms. The zero-order valence-electron chi connectivity index (χ0n) is 14.7. The molecule has 25 heavy (non-hydrogen) atoms. The summed E-state index contributed by atoms with van der Waals surface area (Å²) in [6.45, 7) is 4.49. The van der Waals surface area contributed by atoms with Gasteiger partial charge in [0.1, 0.15) is 0 Å². The summed E-state index contributed by atoms with van der Waals surface area (Å²) in [7, 11) is 0. The van der Waals surface area contributed by atoms with Gasteiger partial charge in [-0.15, -0.1) is 24.2 Å². The van der Waals surface area contributed by atoms with Crippen LogP contribution in [-0.4, -0.2) is 43.7 Å². The van der Waals surface area contributed by atoms with Gasteiger partial charge in [0.05, 0.1) is 5.92 Å². The molecule has 2 N–H and O–H groups in total. The molecule has 5 nitrogen and oxygen atoms in total. The predicted octanol–water partition coefficient (Wildman–Crippen LogP) is 2.30. The molecule has 0 aliphatic carbocycles. The molecule has 0 bridgehead atoms. The summed E-state index contributed by atoms with van der Waals surface area (Å²) in [5.74, 6) is 0.227. The lowest BCUT2D eigenvalue weighted by molar-refractivity contribution is -0.127. The molecular weight excluding hydrogens is 358 g/mol. The second-order valence-corrected chi connectivity index (χ2v) is 7.57. The molecule has 0 saturated carbocycles. The average Bonchev–Trinajstić information content (AvgIpc) is 2.99. The molecule has 0 radical (unpaired) electrons. The van der Waals surface area contributed by atoms with Crippen LogP contribution in [0.5, 0.6) is 0 Å². The highest BCUT2D eigenvalue weighted by atomic mass is 35.5. The summed E-state index contributed by atoms with van der Waals surface area (Å²) in [4.78, 5) is 27.8. The minimum Gasteiger partial charge on any atom is -0.353 e. The molecule has 3 unspecified atom stereocenters. The number of carbonyl (C=O) groups excluding carboxylic acids is 2. The van der Waals surface area contributed by atoms with E-state index in [1.807, 2.05) is 30.5 Å². The highest BCUT2D eigenvalue weighted by Crippen LogP contribution is 2.27. The number of rotatable bonds is 4. The SMILES string of the molecule is CSc1ccc(N2CC(C(=O)NC3CCNCC3C)CC2=O)cc1.Cl. The van der Waals surface area contributed by atoms with Crippen LogP contribution in [0, 0.1) is 11.8 Å². The third kappa shape index (κ3) is 4.68. The van der Waals surface area contributed by atoms with Crippen LogP contribution in [0.1, 0.15) is 19.8 Å². The molecule has 2 amide bonds. The van der Waals surface area contributed by atoms with E-state index in [0.29, 0.717) is 18.9 Å². The highest BCUT2D eigenvalue weighted by Gasteiger charge is 2.36. The molecule has 138 valence electrons. The maximum Gasteiger partial charge on any atom is 0.227 e. The maximum atomic E-state index is 12.6. The number of hydrogen-bond acceptors (Lipinski definition) is 4. The van der Waals surface area contributed by atoms with Gasteiger partial charge in [-0.1, -0.05) is 6.92 Å². The molecule has 2 fully saturated rings. The van der Waals surface area contributed by atoms with Crippen molar-refractivity contribution in [2.75, 3.05) is 30.8 Å². The van der Waals surface area contributed by atoms with Gasteiger partial charge in [-0.25, -0.2) is 0 Å². The Morgan fingerprint density at radius 3 is 2.68 bits per heavy atom. The zero-order chi connectivity index (χ0) is 17.1. The zero-order valence-corrected chi connectivity index (χ0v) is 16.3. The van der Waals surface area contributed by atoms with Crippen molar-refractivity contribution in [3.05, 3.63) is 24.3 Å². The lowest BCUT2D eigenvalue weighted by atomic mass is 9.94. The number of nitrogens with zero attached hydrogens (tertiary/aromatic N) is 1. The molecule has 2 heterocycles. The Hall–Kier alpha value is -1.24. The summed E-state index contributed by atoms with van der Waals surface area (Å²) < 4.78 is 0. The van der Waals surface area contributed by atoms with E-state index >= 15 is 0 Å². The molecule has 7 heteroatoms. The summed E-state index contributed by atoms with van der Waals surface area (Å²) >= 11 is 1.67. The van der Waals surface area contributed by atoms with Crippen molar-refractivity contribution in [2.45, 2.75) is 30.7 Å². The van der Waals surface area contributed by atoms with Gasteiger partial charge < -0.3 is 15.5 Å². The van der Waals surface area contributed by atoms with Crippen molar-refractivity contribution in [1.29, 1.82) is 0 Å². The third-order valence-corrected chi connectivity index (χ3v) is 5.74. The first-order valence-electron chi connectivity index (χ1n) is 8.54. The number of benzene rings is 1. The fourth-order valence-electron chi connectivity index (χ4n) is 3.42. The minimum atomic E-state index is -0.250. The first-order valence-corrected chi connectivity index (χ1v) is 9.76. The Labute approximate surface area is 159 Å². The summed E-state index contributed by atoms with van der Waals surface area (Å²) in [5, 5.41) is 6.50. The molecule has 2 aliphatic rings. The van der Waals surface area contributed by atoms with E-state index in [9.17, 15) is 9.59 Å². The lowest BCUT2D eigenvalue weighted by Crippen LogP contribution is -2.50. The van der Waals surface area contributed by atoms with Crippen molar-refractivity contribution in [3.63, 3.8) is 0 Å². The van der Waals surface area contributed by atoms with Crippen molar-refractivity contribution >= 4 is 41.7 Å². The van der Waals surface area contributed by atoms with Gasteiger partial charge in [-0.2, -0.15) is 0 Å². The van der Waals surface area contributed by atoms with Gasteiger partial charge in [-0.05, 0) is 55.9 Å². The smallest absolute Gasteiger partial charge is 0.227 e. The topological polar surface area (TPSA) is 61.4 Å². The van der Waals surface area contributed by atoms with Crippen LogP contribution >= 0.6 is 24.2 Å². The van der Waals surface area contributed by atoms with Crippen LogP contribution in [0.15, 0.2) is 29.2 Å². The van der Waals surface area contributed by atoms with Gasteiger partial charge in [-0.3, -0.25) is 9.59 Å². The number of halogens is 1. The molecule has 0 aromatic heterocycles. The van der Waals surface area contributed by atoms with E-state index in [-0.39, 0.29) is 36.2 Å². The first kappa shape index (κ1) is 20.1. The largest absolute Gasteiger partial charge is 0.353 e. The predicted molar refractivity (Wildman–Crippen MR) is 105 cm³/mol. The molecule has 2 saturated heterocycles. The Bertz CT molecular complexity index is 611. The van der Waals surface area contributed by atoms with Gasteiger partial charge in [0, 0.05) is 29.6 Å². The summed E-state index contributed by atoms with van der Waals surface area (Å²) in [6.07, 6.45) is 3.28. The van der Waals surface area contributed by atoms with Crippen molar-refractivity contribution in [2.24, 2.45) is 11.8 Å². The van der Waals surface area contributed by atoms with Crippen molar-refractivity contribution in [3.8, 4) is 0 Å². The van der Waals surface area contributed by atoms with Crippen LogP contribution in [0.3, 0.4) is 0 Å². The second-order valence-electron chi connectivity index (χ2n) is 6.69. The quantitative estimate of drug-likeness (QED) is 0.783. The fourth-order valence-corrected chi connectivity index (χ4v) is 3.83. The molecule has 3 atom stereocenters. The van der Waals surface area contributed by atoms with E-state index in [0.717, 1.165) is 25.2 Å². The van der Waals surface area contributed by atoms with Crippen molar-refractivity contribution < 1.29 is 9.59 Å². The number of carbonyl (C=O) groups is 2. The van der Waals surface area contributed by atoms with Crippen LogP contribution in [0.25, 0.3) is 0 Å². The Morgan fingerprint density at radius 2 is 2.04 bits per heavy atom. The number of amides is 2. The monoisotopic (exact) mass is 383 g/mol. The lowest BCUT2D eigenvalue weighted by Gasteiger charge is -2.31. The average molecular weight is 384 g/mol. The number of hydrogen-bond donors (Lipinski definition) is 2. The summed E-state index contributed by atoms with van der Waals surface area (Å²) in [5.41, 5.74) is 0.878. The van der Waals surface area contributed by atoms with Crippen LogP contribution in [0.2, 0.25) is 0 Å². The third-order valence-electron chi connectivity index (χ3n) is 4.99. The van der Waals surface area contributed by atoms with Gasteiger partial charge in [0.2, 0.25) is 11.8 Å². The van der Waals surface area contributed by atoms with E-state index in [2.05, 4.69) is 17.6 Å². The number of piperidine rings is 1. The fraction of sp³-hybridized carbons (Fsp3) is 0.556. The van der Waals surface area contributed by atoms with Gasteiger partial charge in [0.15, 0.2) is 0 Å². The number of anilines is 1. The number of nitrogens with one attached hydrogen (secondary N) is 2. The van der Waals surface area contributed by atoms with Gasteiger partial charge in [0.25, 0.3) is 0 Å². The Morgan fingerprint density at radius 1 is 1.32 bits per heavy atom. The normalized spacial score (nSPS) is 26.2. The maximum absolute atomic E-state index is 12.6. The minimum absolute atomic E-state index is 0. The van der Waals surface area contributed by atoms with E-state index in [1.54, 1.807) is 16.7 Å². The van der Waals surface area contributed by atoms with Crippen molar-refractivity contribution in [1.82, 2.24) is 10.6 Å². The van der Waals surface area contributed by atoms with E-state index in [1.165, 1.54) is 4.90 Å². The van der Waals surface area contributed by atoms with Crippen LogP contribution in [-0.2, 0) is 9.59 Å². The Balaban J connectivity index is 0.00000225. The van der Waals surface area contributed by atoms with Crippen LogP contribution in [0.4, 0.5) is 5.69 Å². The molecule has 1 aromatic carbocycles. The molecule has 1 aromatic rings. The standard InChI is InChI=1S/C18H25N3O2S.ClH/c1-12-10-19-8-7-16(12)20-18(23)13-9-17(22)21(11-13)14-3-5-15(24-2)6-4-14;/h3-6,12-13,16,19H,7-11H2,1-2H3,(H,20,23);1H. The van der Waals surface area contributed by atoms with E-state index < -0.39 is 0 Å². The van der Waals surface area contributed by atoms with E-state index in [4.69, 9.17) is 0 Å². The number of thioether (sulfide) groups is 1. The molecule has 2 aliphatic heterocycles.